The summed E-state index contributed by atoms with van der Waals surface area (Å²) in [5.74, 6) is 0.230. The van der Waals surface area contributed by atoms with Crippen LogP contribution in [0.1, 0.15) is 30.1 Å². The number of amides is 1. The van der Waals surface area contributed by atoms with E-state index >= 15 is 0 Å². The first kappa shape index (κ1) is 20.9. The van der Waals surface area contributed by atoms with Gasteiger partial charge in [-0.15, -0.1) is 12.4 Å². The molecule has 1 saturated heterocycles. The van der Waals surface area contributed by atoms with Gasteiger partial charge in [0.05, 0.1) is 4.90 Å². The predicted octanol–water partition coefficient (Wildman–Crippen LogP) is 1.56. The zero-order valence-electron chi connectivity index (χ0n) is 14.3. The fraction of sp³-hybridized carbons (Fsp3) is 0.562. The first-order valence-corrected chi connectivity index (χ1v) is 9.25. The Morgan fingerprint density at radius 2 is 1.71 bits per heavy atom. The molecule has 136 valence electrons. The van der Waals surface area contributed by atoms with Crippen LogP contribution in [0.2, 0.25) is 0 Å². The Labute approximate surface area is 150 Å². The van der Waals surface area contributed by atoms with Crippen LogP contribution >= 0.6 is 12.4 Å². The minimum absolute atomic E-state index is 0. The van der Waals surface area contributed by atoms with Crippen LogP contribution in [0, 0.1) is 5.92 Å². The Hall–Kier alpha value is -1.15. The number of carbonyl (C=O) groups is 1. The lowest BCUT2D eigenvalue weighted by Crippen LogP contribution is -2.42. The van der Waals surface area contributed by atoms with Crippen molar-refractivity contribution in [2.75, 3.05) is 27.2 Å². The summed E-state index contributed by atoms with van der Waals surface area (Å²) in [5, 5.41) is 0. The van der Waals surface area contributed by atoms with E-state index in [1.165, 1.54) is 21.3 Å². The maximum Gasteiger partial charge on any atom is 0.253 e. The summed E-state index contributed by atoms with van der Waals surface area (Å²) in [6.07, 6.45) is 1.57. The summed E-state index contributed by atoms with van der Waals surface area (Å²) in [7, 11) is -0.182. The Morgan fingerprint density at radius 3 is 2.12 bits per heavy atom. The van der Waals surface area contributed by atoms with E-state index in [-0.39, 0.29) is 29.3 Å². The summed E-state index contributed by atoms with van der Waals surface area (Å²) < 4.78 is 26.9. The molecular weight excluding hydrogens is 350 g/mol. The van der Waals surface area contributed by atoms with Crippen LogP contribution in [0.25, 0.3) is 0 Å². The minimum Gasteiger partial charge on any atom is -0.345 e. The third-order valence-electron chi connectivity index (χ3n) is 4.39. The minimum atomic E-state index is -3.51. The van der Waals surface area contributed by atoms with Gasteiger partial charge in [-0.2, -0.15) is 4.31 Å². The molecular formula is C16H26ClN3O3S. The summed E-state index contributed by atoms with van der Waals surface area (Å²) in [6, 6.07) is 6.22. The molecule has 0 bridgehead atoms. The third kappa shape index (κ3) is 4.47. The van der Waals surface area contributed by atoms with Gasteiger partial charge in [0.1, 0.15) is 0 Å². The highest BCUT2D eigenvalue weighted by molar-refractivity contribution is 7.89. The first-order chi connectivity index (χ1) is 10.7. The molecule has 0 saturated carbocycles. The molecule has 1 aromatic rings. The number of hydrogen-bond acceptors (Lipinski definition) is 4. The number of piperidine rings is 1. The van der Waals surface area contributed by atoms with Crippen molar-refractivity contribution in [2.24, 2.45) is 11.7 Å². The van der Waals surface area contributed by atoms with Crippen molar-refractivity contribution in [3.05, 3.63) is 29.8 Å². The van der Waals surface area contributed by atoms with Crippen LogP contribution < -0.4 is 5.73 Å². The molecule has 1 aliphatic rings. The van der Waals surface area contributed by atoms with Gasteiger partial charge in [0.2, 0.25) is 10.0 Å². The number of hydrogen-bond donors (Lipinski definition) is 1. The van der Waals surface area contributed by atoms with E-state index in [9.17, 15) is 13.2 Å². The first-order valence-electron chi connectivity index (χ1n) is 7.81. The molecule has 0 spiro atoms. The van der Waals surface area contributed by atoms with Crippen molar-refractivity contribution in [3.63, 3.8) is 0 Å². The van der Waals surface area contributed by atoms with Crippen molar-refractivity contribution >= 4 is 28.3 Å². The van der Waals surface area contributed by atoms with Gasteiger partial charge in [0, 0.05) is 38.8 Å². The SMILES string of the molecule is CC(N)C1CCN(S(=O)(=O)c2ccc(C(=O)N(C)C)cc2)CC1.Cl. The van der Waals surface area contributed by atoms with E-state index in [0.29, 0.717) is 24.6 Å². The molecule has 1 atom stereocenters. The monoisotopic (exact) mass is 375 g/mol. The second-order valence-corrected chi connectivity index (χ2v) is 8.26. The molecule has 1 heterocycles. The second kappa shape index (κ2) is 8.29. The standard InChI is InChI=1S/C16H25N3O3S.ClH/c1-12(17)13-8-10-19(11-9-13)23(21,22)15-6-4-14(5-7-15)16(20)18(2)3;/h4-7,12-13H,8-11,17H2,1-3H3;1H. The van der Waals surface area contributed by atoms with E-state index in [1.54, 1.807) is 26.2 Å². The molecule has 0 aromatic heterocycles. The van der Waals surface area contributed by atoms with Gasteiger partial charge in [-0.05, 0) is 49.9 Å². The molecule has 8 heteroatoms. The molecule has 2 N–H and O–H groups in total. The third-order valence-corrected chi connectivity index (χ3v) is 6.30. The van der Waals surface area contributed by atoms with Gasteiger partial charge in [-0.1, -0.05) is 0 Å². The molecule has 1 unspecified atom stereocenters. The highest BCUT2D eigenvalue weighted by atomic mass is 35.5. The van der Waals surface area contributed by atoms with E-state index in [0.717, 1.165) is 12.8 Å². The number of nitrogens with two attached hydrogens (primary N) is 1. The van der Waals surface area contributed by atoms with Crippen LogP contribution in [-0.2, 0) is 10.0 Å². The fourth-order valence-electron chi connectivity index (χ4n) is 2.82. The lowest BCUT2D eigenvalue weighted by molar-refractivity contribution is 0.0827. The lowest BCUT2D eigenvalue weighted by atomic mass is 9.92. The van der Waals surface area contributed by atoms with Crippen molar-refractivity contribution in [1.82, 2.24) is 9.21 Å². The van der Waals surface area contributed by atoms with Crippen molar-refractivity contribution in [2.45, 2.75) is 30.7 Å². The molecule has 24 heavy (non-hydrogen) atoms. The van der Waals surface area contributed by atoms with Crippen LogP contribution in [0.15, 0.2) is 29.2 Å². The molecule has 0 radical (unpaired) electrons. The van der Waals surface area contributed by atoms with Crippen molar-refractivity contribution in [1.29, 1.82) is 0 Å². The number of sulfonamides is 1. The lowest BCUT2D eigenvalue weighted by Gasteiger charge is -2.32. The second-order valence-electron chi connectivity index (χ2n) is 6.32. The topological polar surface area (TPSA) is 83.7 Å². The van der Waals surface area contributed by atoms with Crippen molar-refractivity contribution in [3.8, 4) is 0 Å². The molecule has 2 rings (SSSR count). The van der Waals surface area contributed by atoms with E-state index in [1.807, 2.05) is 6.92 Å². The Bertz CT molecular complexity index is 652. The Balaban J connectivity index is 0.00000288. The zero-order chi connectivity index (χ0) is 17.2. The summed E-state index contributed by atoms with van der Waals surface area (Å²) in [4.78, 5) is 13.6. The van der Waals surface area contributed by atoms with Gasteiger partial charge < -0.3 is 10.6 Å². The van der Waals surface area contributed by atoms with Crippen molar-refractivity contribution < 1.29 is 13.2 Å². The number of halogens is 1. The molecule has 0 aliphatic carbocycles. The smallest absolute Gasteiger partial charge is 0.253 e. The molecule has 1 aliphatic heterocycles. The molecule has 1 fully saturated rings. The average Bonchev–Trinajstić information content (AvgIpc) is 2.54. The predicted molar refractivity (Wildman–Crippen MR) is 96.8 cm³/mol. The number of benzene rings is 1. The van der Waals surface area contributed by atoms with Gasteiger partial charge in [0.15, 0.2) is 0 Å². The van der Waals surface area contributed by atoms with Gasteiger partial charge in [0.25, 0.3) is 5.91 Å². The summed E-state index contributed by atoms with van der Waals surface area (Å²) >= 11 is 0. The van der Waals surface area contributed by atoms with Gasteiger partial charge in [-0.3, -0.25) is 4.79 Å². The largest absolute Gasteiger partial charge is 0.345 e. The average molecular weight is 376 g/mol. The van der Waals surface area contributed by atoms with Crippen LogP contribution in [0.5, 0.6) is 0 Å². The molecule has 1 amide bonds. The highest BCUT2D eigenvalue weighted by Crippen LogP contribution is 2.25. The maximum atomic E-state index is 12.7. The molecule has 6 nitrogen and oxygen atoms in total. The van der Waals surface area contributed by atoms with Gasteiger partial charge >= 0.3 is 0 Å². The normalized spacial score (nSPS) is 17.8. The van der Waals surface area contributed by atoms with Crippen LogP contribution in [0.4, 0.5) is 0 Å². The van der Waals surface area contributed by atoms with Crippen LogP contribution in [-0.4, -0.2) is 56.8 Å². The highest BCUT2D eigenvalue weighted by Gasteiger charge is 2.30. The summed E-state index contributed by atoms with van der Waals surface area (Å²) in [5.41, 5.74) is 6.37. The van der Waals surface area contributed by atoms with Crippen LogP contribution in [0.3, 0.4) is 0 Å². The van der Waals surface area contributed by atoms with Gasteiger partial charge in [-0.25, -0.2) is 8.42 Å². The zero-order valence-corrected chi connectivity index (χ0v) is 15.9. The number of carbonyl (C=O) groups excluding carboxylic acids is 1. The quantitative estimate of drug-likeness (QED) is 0.865. The Morgan fingerprint density at radius 1 is 1.21 bits per heavy atom. The maximum absolute atomic E-state index is 12.7. The van der Waals surface area contributed by atoms with E-state index in [2.05, 4.69) is 0 Å². The van der Waals surface area contributed by atoms with E-state index in [4.69, 9.17) is 5.73 Å². The number of nitrogens with zero attached hydrogens (tertiary/aromatic N) is 2. The fourth-order valence-corrected chi connectivity index (χ4v) is 4.29. The molecule has 1 aromatic carbocycles. The Kier molecular flexibility index (Phi) is 7.22. The van der Waals surface area contributed by atoms with E-state index < -0.39 is 10.0 Å². The summed E-state index contributed by atoms with van der Waals surface area (Å²) in [6.45, 7) is 2.95. The number of rotatable bonds is 4.